The van der Waals surface area contributed by atoms with Gasteiger partial charge in [-0.3, -0.25) is 24.8 Å². The molecule has 6 aromatic rings. The number of aromatic nitrogens is 6. The summed E-state index contributed by atoms with van der Waals surface area (Å²) in [5.41, 5.74) is 8.03. The van der Waals surface area contributed by atoms with Crippen molar-refractivity contribution in [2.24, 2.45) is 5.92 Å². The number of hydrogen-bond acceptors (Lipinski definition) is 5. The highest BCUT2D eigenvalue weighted by Crippen LogP contribution is 2.34. The highest BCUT2D eigenvalue weighted by Gasteiger charge is 2.15. The normalized spacial score (nSPS) is 11.4. The number of pyridine rings is 3. The fourth-order valence-corrected chi connectivity index (χ4v) is 4.56. The second-order valence-electron chi connectivity index (χ2n) is 9.49. The van der Waals surface area contributed by atoms with Crippen molar-refractivity contribution >= 4 is 33.4 Å². The maximum Gasteiger partial charge on any atom is 0.224 e. The minimum absolute atomic E-state index is 0.0134. The van der Waals surface area contributed by atoms with Gasteiger partial charge in [0.1, 0.15) is 5.69 Å². The van der Waals surface area contributed by atoms with E-state index >= 15 is 0 Å². The van der Waals surface area contributed by atoms with E-state index in [1.807, 2.05) is 56.4 Å². The summed E-state index contributed by atoms with van der Waals surface area (Å²) in [5, 5.41) is 12.7. The number of rotatable bonds is 6. The number of hydrogen-bond donors (Lipinski definition) is 3. The maximum atomic E-state index is 12.2. The molecule has 37 heavy (non-hydrogen) atoms. The van der Waals surface area contributed by atoms with E-state index in [1.165, 1.54) is 0 Å². The van der Waals surface area contributed by atoms with Gasteiger partial charge in [-0.2, -0.15) is 5.10 Å². The summed E-state index contributed by atoms with van der Waals surface area (Å²) >= 11 is 0. The summed E-state index contributed by atoms with van der Waals surface area (Å²) in [4.78, 5) is 28.9. The van der Waals surface area contributed by atoms with Crippen LogP contribution in [-0.4, -0.2) is 36.0 Å². The first-order valence-electron chi connectivity index (χ1n) is 12.2. The van der Waals surface area contributed by atoms with Gasteiger partial charge in [-0.05, 0) is 53.9 Å². The van der Waals surface area contributed by atoms with Crippen molar-refractivity contribution in [1.82, 2.24) is 30.1 Å². The van der Waals surface area contributed by atoms with Gasteiger partial charge < -0.3 is 10.3 Å². The smallest absolute Gasteiger partial charge is 0.224 e. The molecular formula is C29H25N7O. The number of anilines is 1. The third-order valence-corrected chi connectivity index (χ3v) is 6.25. The van der Waals surface area contributed by atoms with E-state index in [2.05, 4.69) is 47.6 Å². The van der Waals surface area contributed by atoms with Crippen molar-refractivity contribution in [2.45, 2.75) is 20.3 Å². The van der Waals surface area contributed by atoms with Crippen LogP contribution in [0.25, 0.3) is 55.6 Å². The number of nitrogens with one attached hydrogen (secondary N) is 3. The molecule has 0 unspecified atom stereocenters. The molecule has 1 aromatic carbocycles. The van der Waals surface area contributed by atoms with Crippen LogP contribution in [0.3, 0.4) is 0 Å². The number of aromatic amines is 2. The fourth-order valence-electron chi connectivity index (χ4n) is 4.56. The predicted molar refractivity (Wildman–Crippen MR) is 146 cm³/mol. The summed E-state index contributed by atoms with van der Waals surface area (Å²) < 4.78 is 0. The first-order valence-corrected chi connectivity index (χ1v) is 12.2. The summed E-state index contributed by atoms with van der Waals surface area (Å²) in [7, 11) is 0. The number of benzene rings is 1. The van der Waals surface area contributed by atoms with Crippen molar-refractivity contribution in [3.05, 3.63) is 79.5 Å². The summed E-state index contributed by atoms with van der Waals surface area (Å²) in [5.74, 6) is 0.277. The van der Waals surface area contributed by atoms with E-state index < -0.39 is 0 Å². The molecule has 0 saturated heterocycles. The van der Waals surface area contributed by atoms with Gasteiger partial charge in [-0.25, -0.2) is 0 Å². The quantitative estimate of drug-likeness (QED) is 0.258. The predicted octanol–water partition coefficient (Wildman–Crippen LogP) is 6.21. The first kappa shape index (κ1) is 22.6. The number of fused-ring (bicyclic) bond motifs is 2. The SMILES string of the molecule is CC(C)CC(=O)Nc1cncc(-c2ccc3[nH]nc(-c4cc5c(-c6cccnc6)nccc5[nH]4)c3c2)c1. The van der Waals surface area contributed by atoms with Gasteiger partial charge in [0.25, 0.3) is 0 Å². The van der Waals surface area contributed by atoms with E-state index in [0.29, 0.717) is 18.0 Å². The fraction of sp³-hybridized carbons (Fsp3) is 0.138. The van der Waals surface area contributed by atoms with Crippen LogP contribution in [0.4, 0.5) is 5.69 Å². The van der Waals surface area contributed by atoms with Crippen LogP contribution < -0.4 is 5.32 Å². The van der Waals surface area contributed by atoms with E-state index in [4.69, 9.17) is 0 Å². The Kier molecular flexibility index (Phi) is 5.69. The zero-order chi connectivity index (χ0) is 25.4. The highest BCUT2D eigenvalue weighted by atomic mass is 16.1. The third-order valence-electron chi connectivity index (χ3n) is 6.25. The lowest BCUT2D eigenvalue weighted by Gasteiger charge is -2.09. The van der Waals surface area contributed by atoms with Gasteiger partial charge in [-0.1, -0.05) is 19.9 Å². The lowest BCUT2D eigenvalue weighted by atomic mass is 10.0. The second-order valence-corrected chi connectivity index (χ2v) is 9.49. The molecule has 6 rings (SSSR count). The van der Waals surface area contributed by atoms with Crippen LogP contribution >= 0.6 is 0 Å². The third kappa shape index (κ3) is 4.45. The molecule has 0 aliphatic carbocycles. The largest absolute Gasteiger partial charge is 0.353 e. The molecule has 0 atom stereocenters. The van der Waals surface area contributed by atoms with Gasteiger partial charge in [0.05, 0.1) is 28.8 Å². The molecule has 8 heteroatoms. The van der Waals surface area contributed by atoms with Crippen molar-refractivity contribution in [3.8, 4) is 33.8 Å². The molecule has 0 saturated carbocycles. The van der Waals surface area contributed by atoms with Crippen molar-refractivity contribution in [3.63, 3.8) is 0 Å². The number of H-pyrrole nitrogens is 2. The zero-order valence-corrected chi connectivity index (χ0v) is 20.5. The molecule has 3 N–H and O–H groups in total. The molecule has 5 heterocycles. The molecule has 8 nitrogen and oxygen atoms in total. The Hall–Kier alpha value is -4.85. The van der Waals surface area contributed by atoms with E-state index in [0.717, 1.165) is 55.6 Å². The molecule has 0 aliphatic rings. The number of carbonyl (C=O) groups excluding carboxylic acids is 1. The summed E-state index contributed by atoms with van der Waals surface area (Å²) in [6, 6.07) is 16.0. The molecule has 182 valence electrons. The van der Waals surface area contributed by atoms with Crippen LogP contribution in [-0.2, 0) is 4.79 Å². The molecule has 5 aromatic heterocycles. The lowest BCUT2D eigenvalue weighted by molar-refractivity contribution is -0.116. The van der Waals surface area contributed by atoms with Gasteiger partial charge in [-0.15, -0.1) is 0 Å². The van der Waals surface area contributed by atoms with E-state index in [1.54, 1.807) is 24.8 Å². The van der Waals surface area contributed by atoms with Crippen molar-refractivity contribution in [2.75, 3.05) is 5.32 Å². The molecule has 0 bridgehead atoms. The van der Waals surface area contributed by atoms with Gasteiger partial charge in [0.15, 0.2) is 0 Å². The van der Waals surface area contributed by atoms with E-state index in [9.17, 15) is 4.79 Å². The van der Waals surface area contributed by atoms with Crippen LogP contribution in [0.15, 0.2) is 79.5 Å². The Balaban J connectivity index is 1.38. The minimum Gasteiger partial charge on any atom is -0.353 e. The number of nitrogens with zero attached hydrogens (tertiary/aromatic N) is 4. The van der Waals surface area contributed by atoms with Gasteiger partial charge in [0, 0.05) is 58.6 Å². The molecule has 0 fully saturated rings. The van der Waals surface area contributed by atoms with Crippen LogP contribution in [0.5, 0.6) is 0 Å². The Morgan fingerprint density at radius 1 is 0.865 bits per heavy atom. The molecule has 0 radical (unpaired) electrons. The van der Waals surface area contributed by atoms with E-state index in [-0.39, 0.29) is 5.91 Å². The van der Waals surface area contributed by atoms with Crippen LogP contribution in [0.2, 0.25) is 0 Å². The molecule has 0 aliphatic heterocycles. The van der Waals surface area contributed by atoms with Gasteiger partial charge in [0.2, 0.25) is 5.91 Å². The van der Waals surface area contributed by atoms with Gasteiger partial charge >= 0.3 is 0 Å². The molecule has 1 amide bonds. The minimum atomic E-state index is -0.0134. The zero-order valence-electron chi connectivity index (χ0n) is 20.5. The average molecular weight is 488 g/mol. The first-order chi connectivity index (χ1) is 18.0. The Bertz CT molecular complexity index is 1730. The molecular weight excluding hydrogens is 462 g/mol. The Morgan fingerprint density at radius 2 is 1.73 bits per heavy atom. The average Bonchev–Trinajstić information content (AvgIpc) is 3.52. The molecule has 0 spiro atoms. The van der Waals surface area contributed by atoms with Crippen LogP contribution in [0, 0.1) is 5.92 Å². The topological polar surface area (TPSA) is 112 Å². The standard InChI is InChI=1S/C29H25N7O/c1-17(2)10-27(37)33-21-11-20(15-31-16-21)18-5-6-25-22(12-18)29(36-35-25)26-13-23-24(34-26)7-9-32-28(23)19-4-3-8-30-14-19/h3-9,11-17,34H,10H2,1-2H3,(H,33,37)(H,35,36). The monoisotopic (exact) mass is 487 g/mol. The number of carbonyl (C=O) groups is 1. The Morgan fingerprint density at radius 3 is 2.57 bits per heavy atom. The second kappa shape index (κ2) is 9.31. The highest BCUT2D eigenvalue weighted by molar-refractivity contribution is 6.01. The lowest BCUT2D eigenvalue weighted by Crippen LogP contribution is -2.13. The summed E-state index contributed by atoms with van der Waals surface area (Å²) in [6.07, 6.45) is 9.31. The van der Waals surface area contributed by atoms with Crippen molar-refractivity contribution in [1.29, 1.82) is 0 Å². The van der Waals surface area contributed by atoms with Crippen LogP contribution in [0.1, 0.15) is 20.3 Å². The number of amides is 1. The van der Waals surface area contributed by atoms with Crippen molar-refractivity contribution < 1.29 is 4.79 Å². The summed E-state index contributed by atoms with van der Waals surface area (Å²) in [6.45, 7) is 4.05. The Labute approximate surface area is 213 Å². The maximum absolute atomic E-state index is 12.2.